The Morgan fingerprint density at radius 3 is 2.69 bits per heavy atom. The summed E-state index contributed by atoms with van der Waals surface area (Å²) in [4.78, 5) is 43.0. The molecule has 3 saturated heterocycles. The molecule has 6 atom stereocenters. The number of alkyl halides is 1. The van der Waals surface area contributed by atoms with Crippen LogP contribution in [0.5, 0.6) is 0 Å². The number of nitrogens with one attached hydrogen (secondary N) is 2. The van der Waals surface area contributed by atoms with Crippen LogP contribution < -0.4 is 10.6 Å². The Labute approximate surface area is 230 Å². The summed E-state index contributed by atoms with van der Waals surface area (Å²) >= 11 is 11.8. The van der Waals surface area contributed by atoms with E-state index in [4.69, 9.17) is 16.7 Å². The fourth-order valence-electron chi connectivity index (χ4n) is 6.07. The first-order valence-electron chi connectivity index (χ1n) is 12.8. The molecule has 3 amide bonds. The van der Waals surface area contributed by atoms with Crippen molar-refractivity contribution in [3.8, 4) is 0 Å². The molecule has 3 aliphatic heterocycles. The Morgan fingerprint density at radius 2 is 2.00 bits per heavy atom. The lowest BCUT2D eigenvalue weighted by molar-refractivity contribution is -0.139. The third-order valence-corrected chi connectivity index (χ3v) is 11.2. The number of likely N-dealkylation sites (tertiary alicyclic amines) is 1. The second-order valence-electron chi connectivity index (χ2n) is 10.0. The highest BCUT2D eigenvalue weighted by molar-refractivity contribution is 9.09. The minimum Gasteiger partial charge on any atom is -0.396 e. The number of amides is 3. The van der Waals surface area contributed by atoms with Crippen molar-refractivity contribution in [3.63, 3.8) is 0 Å². The third kappa shape index (κ3) is 4.93. The van der Waals surface area contributed by atoms with E-state index in [1.54, 1.807) is 22.7 Å². The predicted molar refractivity (Wildman–Crippen MR) is 148 cm³/mol. The number of anilines is 1. The zero-order valence-electron chi connectivity index (χ0n) is 20.8. The first kappa shape index (κ1) is 27.7. The van der Waals surface area contributed by atoms with Crippen molar-refractivity contribution in [1.29, 1.82) is 0 Å². The molecule has 0 saturated carbocycles. The summed E-state index contributed by atoms with van der Waals surface area (Å²) in [7, 11) is 0. The topological polar surface area (TPSA) is 98.7 Å². The van der Waals surface area contributed by atoms with Gasteiger partial charge in [-0.25, -0.2) is 0 Å². The van der Waals surface area contributed by atoms with Crippen LogP contribution in [0.4, 0.5) is 5.69 Å². The first-order chi connectivity index (χ1) is 17.3. The Balaban J connectivity index is 1.66. The van der Waals surface area contributed by atoms with E-state index >= 15 is 0 Å². The number of carbonyl (C=O) groups is 3. The summed E-state index contributed by atoms with van der Waals surface area (Å²) in [5, 5.41) is 15.5. The number of unbranched alkanes of at least 4 members (excludes halogenated alkanes) is 3. The predicted octanol–water partition coefficient (Wildman–Crippen LogP) is 4.13. The molecule has 3 aliphatic rings. The van der Waals surface area contributed by atoms with Gasteiger partial charge in [-0.3, -0.25) is 14.4 Å². The Morgan fingerprint density at radius 1 is 1.25 bits per heavy atom. The number of para-hydroxylation sites is 1. The van der Waals surface area contributed by atoms with Gasteiger partial charge in [0, 0.05) is 29.8 Å². The molecule has 2 bridgehead atoms. The average Bonchev–Trinajstić information content (AvgIpc) is 3.43. The van der Waals surface area contributed by atoms with Crippen molar-refractivity contribution in [1.82, 2.24) is 10.2 Å². The molecule has 0 radical (unpaired) electrons. The number of hydrogen-bond acceptors (Lipinski definition) is 5. The Hall–Kier alpha value is -1.29. The smallest absolute Gasteiger partial charge is 0.248 e. The van der Waals surface area contributed by atoms with E-state index in [0.29, 0.717) is 30.2 Å². The van der Waals surface area contributed by atoms with Crippen LogP contribution in [0.15, 0.2) is 18.2 Å². The van der Waals surface area contributed by atoms with Crippen LogP contribution in [0, 0.1) is 18.8 Å². The summed E-state index contributed by atoms with van der Waals surface area (Å²) in [5.74, 6) is -1.44. The monoisotopic (exact) mass is 599 g/mol. The molecule has 0 aliphatic carbocycles. The molecule has 4 rings (SSSR count). The molecule has 3 unspecified atom stereocenters. The summed E-state index contributed by atoms with van der Waals surface area (Å²) < 4.78 is -0.672. The van der Waals surface area contributed by atoms with E-state index in [1.807, 2.05) is 26.0 Å². The quantitative estimate of drug-likeness (QED) is 0.262. The molecule has 3 N–H and O–H groups in total. The van der Waals surface area contributed by atoms with Gasteiger partial charge in [-0.2, -0.15) is 0 Å². The van der Waals surface area contributed by atoms with Gasteiger partial charge in [0.15, 0.2) is 0 Å². The average molecular weight is 601 g/mol. The molecule has 1 aromatic rings. The molecule has 1 aromatic carbocycles. The Kier molecular flexibility index (Phi) is 8.95. The third-order valence-electron chi connectivity index (χ3n) is 7.67. The maximum absolute atomic E-state index is 14.0. The van der Waals surface area contributed by atoms with Gasteiger partial charge < -0.3 is 20.6 Å². The highest BCUT2D eigenvalue weighted by atomic mass is 79.9. The molecular formula is C26H35BrClN3O4S. The molecule has 3 fully saturated rings. The number of rotatable bonds is 11. The first-order valence-corrected chi connectivity index (χ1v) is 15.0. The summed E-state index contributed by atoms with van der Waals surface area (Å²) in [6.45, 7) is 5.05. The number of nitrogens with zero attached hydrogens (tertiary/aromatic N) is 1. The SMILES string of the molecule is CCCNC(=O)[C@H]1[C@@H]2SC3(CC2Br)C(C(=O)Nc2c(C)cccc2Cl)N(CCCCCCO)C(=O)[C@H]13. The van der Waals surface area contributed by atoms with Crippen LogP contribution in [-0.4, -0.2) is 68.3 Å². The Bertz CT molecular complexity index is 993. The van der Waals surface area contributed by atoms with E-state index in [0.717, 1.165) is 37.7 Å². The van der Waals surface area contributed by atoms with Crippen molar-refractivity contribution in [2.75, 3.05) is 25.0 Å². The minimum atomic E-state index is -0.692. The van der Waals surface area contributed by atoms with Crippen LogP contribution in [0.1, 0.15) is 51.0 Å². The van der Waals surface area contributed by atoms with Crippen LogP contribution >= 0.6 is 39.3 Å². The maximum Gasteiger partial charge on any atom is 0.248 e. The van der Waals surface area contributed by atoms with E-state index in [2.05, 4.69) is 26.6 Å². The number of hydrogen-bond donors (Lipinski definition) is 3. The summed E-state index contributed by atoms with van der Waals surface area (Å²) in [5.41, 5.74) is 1.41. The van der Waals surface area contributed by atoms with E-state index in [9.17, 15) is 14.4 Å². The van der Waals surface area contributed by atoms with Crippen LogP contribution in [0.3, 0.4) is 0 Å². The zero-order chi connectivity index (χ0) is 26.0. The summed E-state index contributed by atoms with van der Waals surface area (Å²) in [6, 6.07) is 4.77. The van der Waals surface area contributed by atoms with Crippen molar-refractivity contribution >= 4 is 62.7 Å². The number of aliphatic hydroxyl groups is 1. The number of thioether (sulfide) groups is 1. The van der Waals surface area contributed by atoms with Gasteiger partial charge in [0.1, 0.15) is 6.04 Å². The van der Waals surface area contributed by atoms with Gasteiger partial charge in [-0.1, -0.05) is 59.4 Å². The van der Waals surface area contributed by atoms with Gasteiger partial charge in [0.05, 0.1) is 27.3 Å². The number of fused-ring (bicyclic) bond motifs is 1. The number of carbonyl (C=O) groups excluding carboxylic acids is 3. The number of benzene rings is 1. The maximum atomic E-state index is 14.0. The fourth-order valence-corrected chi connectivity index (χ4v) is 9.95. The molecule has 7 nitrogen and oxygen atoms in total. The largest absolute Gasteiger partial charge is 0.396 e. The van der Waals surface area contributed by atoms with Gasteiger partial charge >= 0.3 is 0 Å². The molecular weight excluding hydrogens is 566 g/mol. The van der Waals surface area contributed by atoms with Gasteiger partial charge in [0.2, 0.25) is 17.7 Å². The fraction of sp³-hybridized carbons (Fsp3) is 0.654. The van der Waals surface area contributed by atoms with E-state index < -0.39 is 22.6 Å². The lowest BCUT2D eigenvalue weighted by atomic mass is 9.70. The molecule has 3 heterocycles. The molecule has 1 spiro atoms. The van der Waals surface area contributed by atoms with E-state index in [-0.39, 0.29) is 34.4 Å². The number of aryl methyl sites for hydroxylation is 1. The minimum absolute atomic E-state index is 0.0470. The highest BCUT2D eigenvalue weighted by Crippen LogP contribution is 2.67. The second kappa shape index (κ2) is 11.6. The van der Waals surface area contributed by atoms with Crippen molar-refractivity contribution in [2.24, 2.45) is 11.8 Å². The van der Waals surface area contributed by atoms with Crippen molar-refractivity contribution < 1.29 is 19.5 Å². The molecule has 36 heavy (non-hydrogen) atoms. The van der Waals surface area contributed by atoms with Crippen LogP contribution in [-0.2, 0) is 14.4 Å². The van der Waals surface area contributed by atoms with Crippen LogP contribution in [0.25, 0.3) is 0 Å². The lowest BCUT2D eigenvalue weighted by Crippen LogP contribution is -2.53. The number of aliphatic hydroxyl groups excluding tert-OH is 1. The highest BCUT2D eigenvalue weighted by Gasteiger charge is 2.75. The van der Waals surface area contributed by atoms with Gasteiger partial charge in [-0.15, -0.1) is 11.8 Å². The standard InChI is InChI=1S/C26H35BrClN3O4S/c1-3-11-29-23(33)18-19-25(35)31(12-6-4-5-7-13-32)22(26(19)14-16(27)21(18)36-26)24(34)30-20-15(2)9-8-10-17(20)28/h8-10,16,18-19,21-22,32H,3-7,11-14H2,1-2H3,(H,29,33)(H,30,34)/t16?,18-,19+,21-,22?,26?/m1/s1. The van der Waals surface area contributed by atoms with E-state index in [1.165, 1.54) is 0 Å². The molecule has 0 aromatic heterocycles. The van der Waals surface area contributed by atoms with Gasteiger partial charge in [-0.05, 0) is 44.2 Å². The molecule has 10 heteroatoms. The van der Waals surface area contributed by atoms with Crippen LogP contribution in [0.2, 0.25) is 5.02 Å². The molecule has 198 valence electrons. The second-order valence-corrected chi connectivity index (χ2v) is 13.2. The van der Waals surface area contributed by atoms with Gasteiger partial charge in [0.25, 0.3) is 0 Å². The lowest BCUT2D eigenvalue weighted by Gasteiger charge is -2.35. The normalized spacial score (nSPS) is 30.5. The summed E-state index contributed by atoms with van der Waals surface area (Å²) in [6.07, 6.45) is 4.65. The zero-order valence-corrected chi connectivity index (χ0v) is 23.9. The van der Waals surface area contributed by atoms with Crippen molar-refractivity contribution in [3.05, 3.63) is 28.8 Å². The van der Waals surface area contributed by atoms with Crippen molar-refractivity contribution in [2.45, 2.75) is 73.2 Å². The number of halogens is 2.